The average molecular weight is 198 g/mol. The molecule has 0 aromatic heterocycles. The van der Waals surface area contributed by atoms with E-state index in [0.29, 0.717) is 0 Å². The van der Waals surface area contributed by atoms with E-state index in [1.807, 2.05) is 0 Å². The van der Waals surface area contributed by atoms with Gasteiger partial charge in [0.15, 0.2) is 0 Å². The normalized spacial score (nSPS) is 6.50. The molecule has 0 aliphatic rings. The van der Waals surface area contributed by atoms with E-state index in [1.54, 1.807) is 0 Å². The third-order valence-electron chi connectivity index (χ3n) is 0.0797. The molecule has 2 N–H and O–H groups in total. The van der Waals surface area contributed by atoms with Crippen LogP contribution in [0.5, 0.6) is 0 Å². The molecule has 0 unspecified atom stereocenters. The predicted molar refractivity (Wildman–Crippen MR) is 22.3 cm³/mol. The van der Waals surface area contributed by atoms with Crippen molar-refractivity contribution in [3.8, 4) is 0 Å². The Morgan fingerprint density at radius 3 is 1.67 bits per heavy atom. The van der Waals surface area contributed by atoms with Gasteiger partial charge < -0.3 is 10.0 Å². The SMILES string of the molecule is OB(O)OF.[InH3]. The van der Waals surface area contributed by atoms with Crippen LogP contribution in [0.4, 0.5) is 4.53 Å². The Labute approximate surface area is 53.0 Å². The molecule has 0 saturated heterocycles. The molecule has 0 aromatic rings. The maximum absolute atomic E-state index is 10.1. The summed E-state index contributed by atoms with van der Waals surface area (Å²) in [5.41, 5.74) is 0. The van der Waals surface area contributed by atoms with Gasteiger partial charge in [0.05, 0.1) is 0 Å². The van der Waals surface area contributed by atoms with Gasteiger partial charge in [-0.25, -0.2) is 0 Å². The summed E-state index contributed by atoms with van der Waals surface area (Å²) in [4.78, 5) is 2.36. The van der Waals surface area contributed by atoms with Crippen LogP contribution < -0.4 is 0 Å². The third kappa shape index (κ3) is 8.83. The molecule has 0 spiro atoms. The molecule has 0 fully saturated rings. The molecule has 0 aromatic carbocycles. The summed E-state index contributed by atoms with van der Waals surface area (Å²) < 4.78 is 10.1. The summed E-state index contributed by atoms with van der Waals surface area (Å²) in [6, 6.07) is 0. The van der Waals surface area contributed by atoms with Crippen molar-refractivity contribution in [3.05, 3.63) is 0 Å². The Bertz CT molecular complexity index is 24.8. The van der Waals surface area contributed by atoms with Crippen molar-refractivity contribution in [2.45, 2.75) is 0 Å². The first-order valence-electron chi connectivity index (χ1n) is 0.906. The predicted octanol–water partition coefficient (Wildman–Crippen LogP) is -2.33. The second-order valence-corrected chi connectivity index (χ2v) is 0.415. The van der Waals surface area contributed by atoms with Crippen LogP contribution in [-0.4, -0.2) is 43.2 Å². The van der Waals surface area contributed by atoms with Crippen LogP contribution in [0.15, 0.2) is 0 Å². The van der Waals surface area contributed by atoms with Crippen LogP contribution in [0.3, 0.4) is 0 Å². The molecule has 0 bridgehead atoms. The standard InChI is InChI=1S/BFH2O3.In.3H/c2-5-1(3)4;;;;/h3-4H;;;;. The van der Waals surface area contributed by atoms with E-state index < -0.39 is 7.32 Å². The number of hydrogen-bond acceptors (Lipinski definition) is 3. The van der Waals surface area contributed by atoms with Gasteiger partial charge in [0, 0.05) is 0 Å². The molecule has 6 heteroatoms. The Kier molecular flexibility index (Phi) is 9.47. The number of hydrogen-bond donors (Lipinski definition) is 2. The first-order chi connectivity index (χ1) is 2.27. The van der Waals surface area contributed by atoms with Crippen molar-refractivity contribution in [1.82, 2.24) is 0 Å². The molecule has 0 rings (SSSR count). The van der Waals surface area contributed by atoms with Crippen LogP contribution in [0.1, 0.15) is 0 Å². The van der Waals surface area contributed by atoms with Gasteiger partial charge in [-0.15, -0.1) is 0 Å². The van der Waals surface area contributed by atoms with Gasteiger partial charge in [0.25, 0.3) is 0 Å². The molecule has 0 radical (unpaired) electrons. The van der Waals surface area contributed by atoms with Crippen LogP contribution in [-0.2, 0) is 4.86 Å². The van der Waals surface area contributed by atoms with Crippen molar-refractivity contribution in [2.75, 3.05) is 0 Å². The Morgan fingerprint density at radius 1 is 1.50 bits per heavy atom. The molecular formula is H5BFInO3. The molecule has 0 saturated carbocycles. The van der Waals surface area contributed by atoms with E-state index in [1.165, 1.54) is 0 Å². The molecule has 3 nitrogen and oxygen atoms in total. The molecule has 0 aliphatic carbocycles. The fourth-order valence-corrected chi connectivity index (χ4v) is 0. The van der Waals surface area contributed by atoms with Crippen LogP contribution >= 0.6 is 0 Å². The van der Waals surface area contributed by atoms with Crippen LogP contribution in [0, 0.1) is 0 Å². The second-order valence-electron chi connectivity index (χ2n) is 0.415. The third-order valence-corrected chi connectivity index (χ3v) is 0.0797. The number of rotatable bonds is 1. The van der Waals surface area contributed by atoms with Crippen LogP contribution in [0.25, 0.3) is 0 Å². The minimum atomic E-state index is -2.28. The molecule has 0 heterocycles. The topological polar surface area (TPSA) is 49.7 Å². The molecular weight excluding hydrogens is 193 g/mol. The van der Waals surface area contributed by atoms with Crippen molar-refractivity contribution in [2.24, 2.45) is 0 Å². The quantitative estimate of drug-likeness (QED) is 0.464. The van der Waals surface area contributed by atoms with Crippen molar-refractivity contribution in [3.63, 3.8) is 0 Å². The molecule has 0 amide bonds. The van der Waals surface area contributed by atoms with Crippen molar-refractivity contribution in [1.29, 1.82) is 0 Å². The molecule has 0 aliphatic heterocycles. The zero-order valence-electron chi connectivity index (χ0n) is 2.26. The fraction of sp³-hybridized carbons (Fsp3) is 0. The molecule has 0 atom stereocenters. The van der Waals surface area contributed by atoms with E-state index >= 15 is 0 Å². The van der Waals surface area contributed by atoms with Gasteiger partial charge in [-0.3, -0.25) is 0 Å². The van der Waals surface area contributed by atoms with E-state index in [-0.39, 0.29) is 25.8 Å². The van der Waals surface area contributed by atoms with Gasteiger partial charge in [-0.2, -0.15) is 4.86 Å². The minimum absolute atomic E-state index is 0. The monoisotopic (exact) mass is 198 g/mol. The summed E-state index contributed by atoms with van der Waals surface area (Å²) in [5, 5.41) is 14.6. The van der Waals surface area contributed by atoms with Gasteiger partial charge in [-0.1, -0.05) is 4.53 Å². The van der Waals surface area contributed by atoms with Gasteiger partial charge in [0.2, 0.25) is 0 Å². The van der Waals surface area contributed by atoms with E-state index in [4.69, 9.17) is 10.0 Å². The van der Waals surface area contributed by atoms with Crippen molar-refractivity contribution < 1.29 is 19.4 Å². The zero-order chi connectivity index (χ0) is 4.28. The zero-order valence-corrected chi connectivity index (χ0v) is 2.26. The van der Waals surface area contributed by atoms with Gasteiger partial charge in [-0.05, 0) is 0 Å². The first-order valence-corrected chi connectivity index (χ1v) is 0.906. The van der Waals surface area contributed by atoms with E-state index in [0.717, 1.165) is 0 Å². The number of halogens is 1. The van der Waals surface area contributed by atoms with E-state index in [2.05, 4.69) is 4.86 Å². The maximum atomic E-state index is 10.1. The molecule has 36 valence electrons. The van der Waals surface area contributed by atoms with Crippen LogP contribution in [0.2, 0.25) is 0 Å². The Balaban J connectivity index is 0. The summed E-state index contributed by atoms with van der Waals surface area (Å²) in [7, 11) is -2.28. The van der Waals surface area contributed by atoms with Gasteiger partial charge >= 0.3 is 33.2 Å². The van der Waals surface area contributed by atoms with Crippen molar-refractivity contribution >= 4 is 33.2 Å². The summed E-state index contributed by atoms with van der Waals surface area (Å²) in [6.07, 6.45) is 0. The second kappa shape index (κ2) is 5.75. The Morgan fingerprint density at radius 2 is 1.67 bits per heavy atom. The summed E-state index contributed by atoms with van der Waals surface area (Å²) in [6.45, 7) is 0. The first kappa shape index (κ1) is 9.89. The van der Waals surface area contributed by atoms with Gasteiger partial charge in [0.1, 0.15) is 0 Å². The van der Waals surface area contributed by atoms with E-state index in [9.17, 15) is 4.53 Å². The average Bonchev–Trinajstić information content (AvgIpc) is 1.38. The summed E-state index contributed by atoms with van der Waals surface area (Å²) in [5.74, 6) is 0. The Hall–Kier alpha value is 0.745. The molecule has 6 heavy (non-hydrogen) atoms. The summed E-state index contributed by atoms with van der Waals surface area (Å²) >= 11 is 0. The fourth-order valence-electron chi connectivity index (χ4n) is 0.